The SMILES string of the molecule is COC(=O)CC(NC1CCCC(C)CC1)c1cccs1. The average Bonchev–Trinajstić information content (AvgIpc) is 2.90. The summed E-state index contributed by atoms with van der Waals surface area (Å²) in [6, 6.07) is 4.77. The van der Waals surface area contributed by atoms with Gasteiger partial charge in [-0.05, 0) is 36.6 Å². The molecule has 2 rings (SSSR count). The highest BCUT2D eigenvalue weighted by Crippen LogP contribution is 2.27. The van der Waals surface area contributed by atoms with E-state index in [4.69, 9.17) is 4.74 Å². The van der Waals surface area contributed by atoms with Gasteiger partial charge in [-0.15, -0.1) is 11.3 Å². The van der Waals surface area contributed by atoms with Crippen molar-refractivity contribution in [1.29, 1.82) is 0 Å². The van der Waals surface area contributed by atoms with E-state index in [1.807, 2.05) is 6.07 Å². The minimum atomic E-state index is -0.141. The van der Waals surface area contributed by atoms with Crippen molar-refractivity contribution in [2.45, 2.75) is 57.5 Å². The molecule has 0 aromatic carbocycles. The molecule has 1 aliphatic carbocycles. The summed E-state index contributed by atoms with van der Waals surface area (Å²) in [5.41, 5.74) is 0. The number of carbonyl (C=O) groups is 1. The van der Waals surface area contributed by atoms with E-state index in [2.05, 4.69) is 23.7 Å². The number of hydrogen-bond donors (Lipinski definition) is 1. The fourth-order valence-electron chi connectivity index (χ4n) is 2.92. The number of rotatable bonds is 5. The van der Waals surface area contributed by atoms with Gasteiger partial charge in [0.15, 0.2) is 0 Å². The number of nitrogens with one attached hydrogen (secondary N) is 1. The maximum absolute atomic E-state index is 11.6. The predicted molar refractivity (Wildman–Crippen MR) is 82.9 cm³/mol. The molecule has 1 aliphatic rings. The molecule has 1 heterocycles. The van der Waals surface area contributed by atoms with Gasteiger partial charge in [-0.1, -0.05) is 25.8 Å². The standard InChI is InChI=1S/C16H25NO2S/c1-12-5-3-6-13(9-8-12)17-14(11-16(18)19-2)15-7-4-10-20-15/h4,7,10,12-14,17H,3,5-6,8-9,11H2,1-2H3. The largest absolute Gasteiger partial charge is 0.469 e. The van der Waals surface area contributed by atoms with Crippen LogP contribution >= 0.6 is 11.3 Å². The van der Waals surface area contributed by atoms with Crippen LogP contribution < -0.4 is 5.32 Å². The molecule has 1 saturated carbocycles. The average molecular weight is 295 g/mol. The van der Waals surface area contributed by atoms with E-state index < -0.39 is 0 Å². The molecular formula is C16H25NO2S. The normalized spacial score (nSPS) is 24.9. The molecule has 1 N–H and O–H groups in total. The molecule has 1 fully saturated rings. The van der Waals surface area contributed by atoms with Crippen LogP contribution in [0.5, 0.6) is 0 Å². The van der Waals surface area contributed by atoms with Crippen molar-refractivity contribution in [2.24, 2.45) is 5.92 Å². The lowest BCUT2D eigenvalue weighted by Crippen LogP contribution is -2.33. The van der Waals surface area contributed by atoms with Crippen LogP contribution in [0.3, 0.4) is 0 Å². The van der Waals surface area contributed by atoms with Crippen LogP contribution in [0.15, 0.2) is 17.5 Å². The summed E-state index contributed by atoms with van der Waals surface area (Å²) in [5, 5.41) is 5.76. The number of methoxy groups -OCH3 is 1. The molecule has 3 unspecified atom stereocenters. The smallest absolute Gasteiger partial charge is 0.307 e. The van der Waals surface area contributed by atoms with Gasteiger partial charge in [0.25, 0.3) is 0 Å². The molecule has 0 radical (unpaired) electrons. The van der Waals surface area contributed by atoms with Crippen LogP contribution in [0.4, 0.5) is 0 Å². The predicted octanol–water partition coefficient (Wildman–Crippen LogP) is 3.91. The van der Waals surface area contributed by atoms with Crippen LogP contribution in [-0.4, -0.2) is 19.1 Å². The molecule has 0 aliphatic heterocycles. The number of thiophene rings is 1. The van der Waals surface area contributed by atoms with Crippen molar-refractivity contribution in [3.63, 3.8) is 0 Å². The summed E-state index contributed by atoms with van der Waals surface area (Å²) in [4.78, 5) is 12.9. The molecule has 20 heavy (non-hydrogen) atoms. The molecular weight excluding hydrogens is 270 g/mol. The third kappa shape index (κ3) is 4.60. The van der Waals surface area contributed by atoms with E-state index in [0.29, 0.717) is 12.5 Å². The minimum absolute atomic E-state index is 0.0980. The van der Waals surface area contributed by atoms with Gasteiger partial charge < -0.3 is 10.1 Å². The Morgan fingerprint density at radius 2 is 2.30 bits per heavy atom. The van der Waals surface area contributed by atoms with Gasteiger partial charge in [0.1, 0.15) is 0 Å². The fraction of sp³-hybridized carbons (Fsp3) is 0.688. The number of hydrogen-bond acceptors (Lipinski definition) is 4. The van der Waals surface area contributed by atoms with E-state index >= 15 is 0 Å². The van der Waals surface area contributed by atoms with Crippen molar-refractivity contribution >= 4 is 17.3 Å². The first-order valence-corrected chi connectivity index (χ1v) is 8.43. The maximum atomic E-state index is 11.6. The molecule has 4 heteroatoms. The zero-order valence-electron chi connectivity index (χ0n) is 12.4. The second kappa shape index (κ2) is 7.79. The van der Waals surface area contributed by atoms with Gasteiger partial charge in [-0.2, -0.15) is 0 Å². The van der Waals surface area contributed by atoms with Crippen molar-refractivity contribution in [1.82, 2.24) is 5.32 Å². The summed E-state index contributed by atoms with van der Waals surface area (Å²) >= 11 is 1.71. The molecule has 3 atom stereocenters. The molecule has 1 aromatic heterocycles. The quantitative estimate of drug-likeness (QED) is 0.661. The van der Waals surface area contributed by atoms with E-state index in [1.54, 1.807) is 11.3 Å². The van der Waals surface area contributed by atoms with E-state index in [9.17, 15) is 4.79 Å². The first kappa shape index (κ1) is 15.5. The first-order valence-electron chi connectivity index (χ1n) is 7.55. The molecule has 0 bridgehead atoms. The Hall–Kier alpha value is -0.870. The zero-order valence-corrected chi connectivity index (χ0v) is 13.2. The summed E-state index contributed by atoms with van der Waals surface area (Å²) in [5.74, 6) is 0.695. The van der Waals surface area contributed by atoms with E-state index in [1.165, 1.54) is 44.1 Å². The van der Waals surface area contributed by atoms with Crippen LogP contribution in [0, 0.1) is 5.92 Å². The molecule has 0 amide bonds. The Balaban J connectivity index is 1.98. The van der Waals surface area contributed by atoms with Crippen molar-refractivity contribution in [3.05, 3.63) is 22.4 Å². The highest BCUT2D eigenvalue weighted by atomic mass is 32.1. The van der Waals surface area contributed by atoms with Crippen LogP contribution in [0.1, 0.15) is 56.4 Å². The number of carbonyl (C=O) groups excluding carboxylic acids is 1. The third-order valence-corrected chi connectivity index (χ3v) is 5.17. The van der Waals surface area contributed by atoms with Gasteiger partial charge in [0, 0.05) is 10.9 Å². The first-order chi connectivity index (χ1) is 9.69. The van der Waals surface area contributed by atoms with Crippen LogP contribution in [0.25, 0.3) is 0 Å². The monoisotopic (exact) mass is 295 g/mol. The lowest BCUT2D eigenvalue weighted by atomic mass is 10.0. The topological polar surface area (TPSA) is 38.3 Å². The summed E-state index contributed by atoms with van der Waals surface area (Å²) in [7, 11) is 1.46. The molecule has 0 spiro atoms. The highest BCUT2D eigenvalue weighted by molar-refractivity contribution is 7.10. The van der Waals surface area contributed by atoms with Gasteiger partial charge in [0.2, 0.25) is 0 Å². The van der Waals surface area contributed by atoms with Gasteiger partial charge in [-0.25, -0.2) is 0 Å². The molecule has 1 aromatic rings. The molecule has 112 valence electrons. The third-order valence-electron chi connectivity index (χ3n) is 4.18. The molecule has 0 saturated heterocycles. The van der Waals surface area contributed by atoms with E-state index in [-0.39, 0.29) is 12.0 Å². The van der Waals surface area contributed by atoms with Crippen molar-refractivity contribution < 1.29 is 9.53 Å². The lowest BCUT2D eigenvalue weighted by Gasteiger charge is -2.23. The number of esters is 1. The van der Waals surface area contributed by atoms with Crippen molar-refractivity contribution in [3.8, 4) is 0 Å². The summed E-state index contributed by atoms with van der Waals surface area (Å²) in [6.45, 7) is 2.34. The van der Waals surface area contributed by atoms with Gasteiger partial charge in [-0.3, -0.25) is 4.79 Å². The zero-order chi connectivity index (χ0) is 14.4. The van der Waals surface area contributed by atoms with Gasteiger partial charge >= 0.3 is 5.97 Å². The van der Waals surface area contributed by atoms with Crippen LogP contribution in [-0.2, 0) is 9.53 Å². The summed E-state index contributed by atoms with van der Waals surface area (Å²) in [6.07, 6.45) is 6.75. The second-order valence-electron chi connectivity index (χ2n) is 5.83. The fourth-order valence-corrected chi connectivity index (χ4v) is 3.71. The Morgan fingerprint density at radius 3 is 3.00 bits per heavy atom. The maximum Gasteiger partial charge on any atom is 0.307 e. The van der Waals surface area contributed by atoms with Crippen LogP contribution in [0.2, 0.25) is 0 Å². The van der Waals surface area contributed by atoms with Crippen molar-refractivity contribution in [2.75, 3.05) is 7.11 Å². The van der Waals surface area contributed by atoms with E-state index in [0.717, 1.165) is 5.92 Å². The second-order valence-corrected chi connectivity index (χ2v) is 6.80. The Morgan fingerprint density at radius 1 is 1.45 bits per heavy atom. The Labute approximate surface area is 125 Å². The Bertz CT molecular complexity index is 405. The Kier molecular flexibility index (Phi) is 6.05. The summed E-state index contributed by atoms with van der Waals surface area (Å²) < 4.78 is 4.84. The van der Waals surface area contributed by atoms with Gasteiger partial charge in [0.05, 0.1) is 19.6 Å². The lowest BCUT2D eigenvalue weighted by molar-refractivity contribution is -0.141. The molecule has 3 nitrogen and oxygen atoms in total. The number of ether oxygens (including phenoxy) is 1. The highest BCUT2D eigenvalue weighted by Gasteiger charge is 2.23. The minimum Gasteiger partial charge on any atom is -0.469 e.